The lowest BCUT2D eigenvalue weighted by Crippen LogP contribution is -2.22. The highest BCUT2D eigenvalue weighted by molar-refractivity contribution is 7.10. The highest BCUT2D eigenvalue weighted by atomic mass is 35.5. The quantitative estimate of drug-likeness (QED) is 0.842. The lowest BCUT2D eigenvalue weighted by molar-refractivity contribution is 0.479. The molecule has 0 saturated heterocycles. The van der Waals surface area contributed by atoms with Crippen LogP contribution in [0.4, 0.5) is 0 Å². The van der Waals surface area contributed by atoms with Gasteiger partial charge in [0.15, 0.2) is 0 Å². The number of benzene rings is 1. The van der Waals surface area contributed by atoms with E-state index in [9.17, 15) is 0 Å². The summed E-state index contributed by atoms with van der Waals surface area (Å²) in [6.07, 6.45) is 3.63. The molecule has 3 heteroatoms. The number of halogens is 1. The van der Waals surface area contributed by atoms with E-state index in [1.165, 1.54) is 29.7 Å². The van der Waals surface area contributed by atoms with Crippen molar-refractivity contribution in [2.24, 2.45) is 5.73 Å². The average Bonchev–Trinajstić information content (AvgIpc) is 2.89. The van der Waals surface area contributed by atoms with E-state index in [1.54, 1.807) is 0 Å². The Hall–Kier alpha value is -0.830. The van der Waals surface area contributed by atoms with Gasteiger partial charge in [0.05, 0.1) is 0 Å². The summed E-state index contributed by atoms with van der Waals surface area (Å²) in [4.78, 5) is 1.52. The van der Waals surface area contributed by atoms with E-state index in [0.29, 0.717) is 5.92 Å². The van der Waals surface area contributed by atoms with Gasteiger partial charge >= 0.3 is 0 Å². The van der Waals surface area contributed by atoms with Crippen LogP contribution in [0.2, 0.25) is 5.02 Å². The molecule has 0 bridgehead atoms. The van der Waals surface area contributed by atoms with E-state index in [0.717, 1.165) is 16.1 Å². The molecule has 1 aromatic carbocycles. The van der Waals surface area contributed by atoms with E-state index in [1.807, 2.05) is 24.3 Å². The molecule has 0 saturated carbocycles. The molecule has 1 nitrogen and oxygen atoms in total. The van der Waals surface area contributed by atoms with Crippen LogP contribution in [0.3, 0.4) is 0 Å². The first-order valence-corrected chi connectivity index (χ1v) is 8.00. The second-order valence-corrected chi connectivity index (χ2v) is 6.74. The van der Waals surface area contributed by atoms with Crippen molar-refractivity contribution in [1.29, 1.82) is 0 Å². The molecule has 2 aromatic rings. The van der Waals surface area contributed by atoms with Crippen LogP contribution in [0.15, 0.2) is 29.6 Å². The first kappa shape index (κ1) is 13.2. The number of aryl methyl sites for hydroxylation is 2. The van der Waals surface area contributed by atoms with E-state index in [2.05, 4.69) is 23.6 Å². The molecule has 2 atom stereocenters. The van der Waals surface area contributed by atoms with Crippen LogP contribution in [0.1, 0.15) is 46.4 Å². The number of fused-ring (bicyclic) bond motifs is 1. The molecule has 100 valence electrons. The van der Waals surface area contributed by atoms with Gasteiger partial charge in [0, 0.05) is 21.9 Å². The Morgan fingerprint density at radius 3 is 3.00 bits per heavy atom. The van der Waals surface area contributed by atoms with Gasteiger partial charge in [-0.05, 0) is 60.4 Å². The number of hydrogen-bond acceptors (Lipinski definition) is 2. The molecule has 1 aliphatic rings. The molecule has 0 amide bonds. The summed E-state index contributed by atoms with van der Waals surface area (Å²) in [7, 11) is 0. The first-order chi connectivity index (χ1) is 9.16. The Morgan fingerprint density at radius 2 is 2.21 bits per heavy atom. The van der Waals surface area contributed by atoms with Crippen molar-refractivity contribution >= 4 is 22.9 Å². The molecule has 0 fully saturated rings. The molecule has 0 aliphatic heterocycles. The normalized spacial score (nSPS) is 20.1. The van der Waals surface area contributed by atoms with Crippen molar-refractivity contribution in [1.82, 2.24) is 0 Å². The Morgan fingerprint density at radius 1 is 1.37 bits per heavy atom. The van der Waals surface area contributed by atoms with Gasteiger partial charge in [-0.25, -0.2) is 0 Å². The molecule has 0 spiro atoms. The summed E-state index contributed by atoms with van der Waals surface area (Å²) in [6, 6.07) is 8.51. The van der Waals surface area contributed by atoms with Crippen LogP contribution in [0, 0.1) is 6.92 Å². The van der Waals surface area contributed by atoms with Gasteiger partial charge in [-0.2, -0.15) is 0 Å². The molecule has 2 N–H and O–H groups in total. The fourth-order valence-electron chi connectivity index (χ4n) is 2.94. The minimum atomic E-state index is 0.0479. The molecule has 1 aromatic heterocycles. The van der Waals surface area contributed by atoms with Crippen molar-refractivity contribution in [3.05, 3.63) is 56.2 Å². The second kappa shape index (κ2) is 5.28. The summed E-state index contributed by atoms with van der Waals surface area (Å²) in [6.45, 7) is 2.02. The van der Waals surface area contributed by atoms with Crippen molar-refractivity contribution in [2.45, 2.75) is 38.1 Å². The third-order valence-electron chi connectivity index (χ3n) is 4.11. The lowest BCUT2D eigenvalue weighted by atomic mass is 9.80. The Balaban J connectivity index is 1.93. The van der Waals surface area contributed by atoms with Crippen LogP contribution < -0.4 is 5.73 Å². The highest BCUT2D eigenvalue weighted by Gasteiger charge is 2.27. The van der Waals surface area contributed by atoms with Gasteiger partial charge < -0.3 is 5.73 Å². The molecule has 0 radical (unpaired) electrons. The zero-order valence-electron chi connectivity index (χ0n) is 11.0. The smallest absolute Gasteiger partial charge is 0.0438 e. The van der Waals surface area contributed by atoms with Crippen LogP contribution in [0.25, 0.3) is 0 Å². The molecule has 1 aliphatic carbocycles. The van der Waals surface area contributed by atoms with Gasteiger partial charge in [0.1, 0.15) is 0 Å². The zero-order chi connectivity index (χ0) is 13.4. The van der Waals surface area contributed by atoms with E-state index in [4.69, 9.17) is 17.3 Å². The van der Waals surface area contributed by atoms with Crippen LogP contribution in [-0.4, -0.2) is 0 Å². The largest absolute Gasteiger partial charge is 0.323 e. The minimum Gasteiger partial charge on any atom is -0.323 e. The summed E-state index contributed by atoms with van der Waals surface area (Å²) in [5.41, 5.74) is 10.2. The zero-order valence-corrected chi connectivity index (χ0v) is 12.6. The molecular formula is C16H18ClNS. The summed E-state index contributed by atoms with van der Waals surface area (Å²) < 4.78 is 0. The predicted octanol–water partition coefficient (Wildman–Crippen LogP) is 4.83. The fraction of sp³-hybridized carbons (Fsp3) is 0.375. The Bertz CT molecular complexity index is 590. The van der Waals surface area contributed by atoms with Crippen LogP contribution >= 0.6 is 22.9 Å². The average molecular weight is 292 g/mol. The van der Waals surface area contributed by atoms with Gasteiger partial charge in [-0.15, -0.1) is 11.3 Å². The maximum atomic E-state index is 6.51. The SMILES string of the molecule is Cc1ccc(C(N)C2CCCc3sccc32)cc1Cl. The highest BCUT2D eigenvalue weighted by Crippen LogP contribution is 2.41. The predicted molar refractivity (Wildman–Crippen MR) is 83.1 cm³/mol. The standard InChI is InChI=1S/C16H18ClNS/c1-10-5-6-11(9-14(10)17)16(18)13-3-2-4-15-12(13)7-8-19-15/h5-9,13,16H,2-4,18H2,1H3. The van der Waals surface area contributed by atoms with E-state index in [-0.39, 0.29) is 6.04 Å². The Kier molecular flexibility index (Phi) is 3.66. The summed E-state index contributed by atoms with van der Waals surface area (Å²) >= 11 is 8.09. The Labute approximate surface area is 123 Å². The molecular weight excluding hydrogens is 274 g/mol. The monoisotopic (exact) mass is 291 g/mol. The molecule has 3 rings (SSSR count). The second-order valence-electron chi connectivity index (χ2n) is 5.33. The molecule has 2 unspecified atom stereocenters. The third-order valence-corrected chi connectivity index (χ3v) is 5.52. The maximum absolute atomic E-state index is 6.51. The summed E-state index contributed by atoms with van der Waals surface area (Å²) in [5, 5.41) is 3.01. The fourth-order valence-corrected chi connectivity index (χ4v) is 4.13. The van der Waals surface area contributed by atoms with Gasteiger partial charge in [0.25, 0.3) is 0 Å². The summed E-state index contributed by atoms with van der Waals surface area (Å²) in [5.74, 6) is 0.439. The topological polar surface area (TPSA) is 26.0 Å². The lowest BCUT2D eigenvalue weighted by Gasteiger charge is -2.28. The van der Waals surface area contributed by atoms with Crippen molar-refractivity contribution in [3.8, 4) is 0 Å². The van der Waals surface area contributed by atoms with Crippen LogP contribution in [-0.2, 0) is 6.42 Å². The first-order valence-electron chi connectivity index (χ1n) is 6.74. The molecule has 19 heavy (non-hydrogen) atoms. The number of thiophene rings is 1. The third kappa shape index (κ3) is 2.45. The number of rotatable bonds is 2. The molecule has 1 heterocycles. The van der Waals surface area contributed by atoms with Gasteiger partial charge in [-0.1, -0.05) is 23.7 Å². The minimum absolute atomic E-state index is 0.0479. The maximum Gasteiger partial charge on any atom is 0.0438 e. The van der Waals surface area contributed by atoms with Crippen molar-refractivity contribution < 1.29 is 0 Å². The van der Waals surface area contributed by atoms with E-state index >= 15 is 0 Å². The number of hydrogen-bond donors (Lipinski definition) is 1. The van der Waals surface area contributed by atoms with Crippen molar-refractivity contribution in [2.75, 3.05) is 0 Å². The number of nitrogens with two attached hydrogens (primary N) is 1. The van der Waals surface area contributed by atoms with Crippen LogP contribution in [0.5, 0.6) is 0 Å². The van der Waals surface area contributed by atoms with Crippen molar-refractivity contribution in [3.63, 3.8) is 0 Å². The van der Waals surface area contributed by atoms with Gasteiger partial charge in [-0.3, -0.25) is 0 Å². The van der Waals surface area contributed by atoms with Gasteiger partial charge in [0.2, 0.25) is 0 Å². The van der Waals surface area contributed by atoms with E-state index < -0.39 is 0 Å².